The highest BCUT2D eigenvalue weighted by Gasteiger charge is 2.22. The average molecular weight is 267 g/mol. The fourth-order valence-electron chi connectivity index (χ4n) is 3.60. The number of carbonyl (C=O) groups is 1. The molecule has 2 N–H and O–H groups in total. The predicted octanol–water partition coefficient (Wildman–Crippen LogP) is 3.01. The minimum atomic E-state index is 0.248. The van der Waals surface area contributed by atoms with E-state index in [2.05, 4.69) is 5.32 Å². The van der Waals surface area contributed by atoms with Gasteiger partial charge in [-0.2, -0.15) is 0 Å². The number of hydrogen-bond acceptors (Lipinski definition) is 2. The third-order valence-corrected chi connectivity index (χ3v) is 4.97. The molecule has 3 heteroatoms. The largest absolute Gasteiger partial charge is 0.396 e. The van der Waals surface area contributed by atoms with Crippen LogP contribution < -0.4 is 5.32 Å². The van der Waals surface area contributed by atoms with Gasteiger partial charge in [0.15, 0.2) is 0 Å². The quantitative estimate of drug-likeness (QED) is 0.804. The number of aliphatic hydroxyl groups excluding tert-OH is 1. The first-order valence-corrected chi connectivity index (χ1v) is 8.18. The molecule has 0 atom stereocenters. The van der Waals surface area contributed by atoms with Crippen molar-refractivity contribution in [2.24, 2.45) is 11.8 Å². The molecule has 0 aromatic heterocycles. The maximum Gasteiger partial charge on any atom is 0.220 e. The van der Waals surface area contributed by atoms with Gasteiger partial charge in [-0.1, -0.05) is 32.1 Å². The predicted molar refractivity (Wildman–Crippen MR) is 76.8 cm³/mol. The highest BCUT2D eigenvalue weighted by molar-refractivity contribution is 5.76. The van der Waals surface area contributed by atoms with Crippen molar-refractivity contribution in [2.45, 2.75) is 76.7 Å². The van der Waals surface area contributed by atoms with Gasteiger partial charge in [-0.15, -0.1) is 0 Å². The minimum Gasteiger partial charge on any atom is -0.396 e. The van der Waals surface area contributed by atoms with E-state index < -0.39 is 0 Å². The summed E-state index contributed by atoms with van der Waals surface area (Å²) >= 11 is 0. The summed E-state index contributed by atoms with van der Waals surface area (Å²) in [6, 6.07) is 0.363. The van der Waals surface area contributed by atoms with E-state index in [1.165, 1.54) is 32.1 Å². The molecule has 0 aromatic carbocycles. The summed E-state index contributed by atoms with van der Waals surface area (Å²) in [5.74, 6) is 1.51. The standard InChI is InChI=1S/C16H29NO2/c18-12-14-6-9-15(10-7-14)17-16(19)11-8-13-4-2-1-3-5-13/h13-15,18H,1-12H2,(H,17,19). The van der Waals surface area contributed by atoms with Gasteiger partial charge in [0.05, 0.1) is 0 Å². The van der Waals surface area contributed by atoms with Gasteiger partial charge in [0, 0.05) is 19.1 Å². The van der Waals surface area contributed by atoms with Gasteiger partial charge < -0.3 is 10.4 Å². The van der Waals surface area contributed by atoms with E-state index in [4.69, 9.17) is 5.11 Å². The first-order valence-electron chi connectivity index (χ1n) is 8.18. The summed E-state index contributed by atoms with van der Waals surface area (Å²) in [5, 5.41) is 12.3. The fourth-order valence-corrected chi connectivity index (χ4v) is 3.60. The number of aliphatic hydroxyl groups is 1. The Hall–Kier alpha value is -0.570. The maximum absolute atomic E-state index is 11.9. The lowest BCUT2D eigenvalue weighted by Crippen LogP contribution is -2.38. The monoisotopic (exact) mass is 267 g/mol. The van der Waals surface area contributed by atoms with Crippen molar-refractivity contribution < 1.29 is 9.90 Å². The van der Waals surface area contributed by atoms with Crippen LogP contribution in [0.5, 0.6) is 0 Å². The molecule has 0 unspecified atom stereocenters. The van der Waals surface area contributed by atoms with E-state index in [-0.39, 0.29) is 5.91 Å². The second-order valence-corrected chi connectivity index (χ2v) is 6.51. The van der Waals surface area contributed by atoms with Crippen LogP contribution in [0.1, 0.15) is 70.6 Å². The van der Waals surface area contributed by atoms with Crippen molar-refractivity contribution in [1.82, 2.24) is 5.32 Å². The molecule has 3 nitrogen and oxygen atoms in total. The highest BCUT2D eigenvalue weighted by Crippen LogP contribution is 2.27. The van der Waals surface area contributed by atoms with Crippen molar-refractivity contribution in [3.05, 3.63) is 0 Å². The molecule has 0 spiro atoms. The molecule has 2 fully saturated rings. The lowest BCUT2D eigenvalue weighted by Gasteiger charge is -2.28. The lowest BCUT2D eigenvalue weighted by atomic mass is 9.85. The molecule has 2 saturated carbocycles. The molecule has 0 radical (unpaired) electrons. The minimum absolute atomic E-state index is 0.248. The first-order chi connectivity index (χ1) is 9.28. The second kappa shape index (κ2) is 7.88. The van der Waals surface area contributed by atoms with E-state index in [1.54, 1.807) is 0 Å². The van der Waals surface area contributed by atoms with Crippen LogP contribution in [-0.2, 0) is 4.79 Å². The molecule has 2 rings (SSSR count). The van der Waals surface area contributed by atoms with Crippen LogP contribution in [0.3, 0.4) is 0 Å². The molecule has 2 aliphatic carbocycles. The van der Waals surface area contributed by atoms with Crippen molar-refractivity contribution in [1.29, 1.82) is 0 Å². The van der Waals surface area contributed by atoms with E-state index in [1.807, 2.05) is 0 Å². The maximum atomic E-state index is 11.9. The first kappa shape index (κ1) is 14.8. The number of carbonyl (C=O) groups excluding carboxylic acids is 1. The molecule has 19 heavy (non-hydrogen) atoms. The van der Waals surface area contributed by atoms with E-state index in [0.29, 0.717) is 25.0 Å². The molecular formula is C16H29NO2. The van der Waals surface area contributed by atoms with Gasteiger partial charge in [-0.3, -0.25) is 4.79 Å². The smallest absolute Gasteiger partial charge is 0.220 e. The second-order valence-electron chi connectivity index (χ2n) is 6.51. The zero-order chi connectivity index (χ0) is 13.5. The molecule has 2 aliphatic rings. The fraction of sp³-hybridized carbons (Fsp3) is 0.938. The van der Waals surface area contributed by atoms with Crippen molar-refractivity contribution in [3.63, 3.8) is 0 Å². The van der Waals surface area contributed by atoms with Gasteiger partial charge in [0.25, 0.3) is 0 Å². The van der Waals surface area contributed by atoms with Gasteiger partial charge in [0.2, 0.25) is 5.91 Å². The number of nitrogens with one attached hydrogen (secondary N) is 1. The van der Waals surface area contributed by atoms with Crippen LogP contribution in [0.25, 0.3) is 0 Å². The molecule has 0 aromatic rings. The zero-order valence-corrected chi connectivity index (χ0v) is 12.1. The third kappa shape index (κ3) is 5.13. The third-order valence-electron chi connectivity index (χ3n) is 4.97. The average Bonchev–Trinajstić information content (AvgIpc) is 2.47. The van der Waals surface area contributed by atoms with Gasteiger partial charge in [0.1, 0.15) is 0 Å². The summed E-state index contributed by atoms with van der Waals surface area (Å²) in [5.41, 5.74) is 0. The molecule has 0 aliphatic heterocycles. The van der Waals surface area contributed by atoms with Crippen LogP contribution in [0, 0.1) is 11.8 Å². The Morgan fingerprint density at radius 2 is 1.63 bits per heavy atom. The molecule has 1 amide bonds. The summed E-state index contributed by atoms with van der Waals surface area (Å²) in [7, 11) is 0. The van der Waals surface area contributed by atoms with Crippen molar-refractivity contribution in [3.8, 4) is 0 Å². The Balaban J connectivity index is 1.59. The molecule has 110 valence electrons. The lowest BCUT2D eigenvalue weighted by molar-refractivity contribution is -0.122. The van der Waals surface area contributed by atoms with Crippen LogP contribution in [-0.4, -0.2) is 23.7 Å². The van der Waals surface area contributed by atoms with E-state index in [0.717, 1.165) is 38.0 Å². The molecule has 0 bridgehead atoms. The summed E-state index contributed by atoms with van der Waals surface area (Å²) < 4.78 is 0. The Bertz CT molecular complexity index is 266. The van der Waals surface area contributed by atoms with Crippen LogP contribution in [0.2, 0.25) is 0 Å². The van der Waals surface area contributed by atoms with Gasteiger partial charge in [-0.05, 0) is 43.9 Å². The summed E-state index contributed by atoms with van der Waals surface area (Å²) in [6.07, 6.45) is 12.8. The Labute approximate surface area is 117 Å². The zero-order valence-electron chi connectivity index (χ0n) is 12.1. The summed E-state index contributed by atoms with van der Waals surface area (Å²) in [4.78, 5) is 11.9. The highest BCUT2D eigenvalue weighted by atomic mass is 16.3. The van der Waals surface area contributed by atoms with Crippen LogP contribution in [0.15, 0.2) is 0 Å². The summed E-state index contributed by atoms with van der Waals surface area (Å²) in [6.45, 7) is 0.308. The van der Waals surface area contributed by atoms with Crippen LogP contribution in [0.4, 0.5) is 0 Å². The van der Waals surface area contributed by atoms with E-state index >= 15 is 0 Å². The Kier molecular flexibility index (Phi) is 6.15. The Morgan fingerprint density at radius 1 is 0.947 bits per heavy atom. The van der Waals surface area contributed by atoms with Crippen molar-refractivity contribution in [2.75, 3.05) is 6.61 Å². The number of rotatable bonds is 5. The molecule has 0 saturated heterocycles. The van der Waals surface area contributed by atoms with E-state index in [9.17, 15) is 4.79 Å². The topological polar surface area (TPSA) is 49.3 Å². The van der Waals surface area contributed by atoms with Crippen LogP contribution >= 0.6 is 0 Å². The van der Waals surface area contributed by atoms with Gasteiger partial charge >= 0.3 is 0 Å². The number of amides is 1. The SMILES string of the molecule is O=C(CCC1CCCCC1)NC1CCC(CO)CC1. The van der Waals surface area contributed by atoms with Crippen molar-refractivity contribution >= 4 is 5.91 Å². The molecule has 0 heterocycles. The number of hydrogen-bond donors (Lipinski definition) is 2. The van der Waals surface area contributed by atoms with Gasteiger partial charge in [-0.25, -0.2) is 0 Å². The Morgan fingerprint density at radius 3 is 2.26 bits per heavy atom. The normalized spacial score (nSPS) is 29.1. The molecular weight excluding hydrogens is 238 g/mol.